The maximum Gasteiger partial charge on any atom is 0.222 e. The largest absolute Gasteiger partial charge is 0.388 e. The third-order valence-electron chi connectivity index (χ3n) is 3.66. The van der Waals surface area contributed by atoms with E-state index in [4.69, 9.17) is 5.73 Å². The molecule has 0 unspecified atom stereocenters. The van der Waals surface area contributed by atoms with Gasteiger partial charge in [-0.25, -0.2) is 4.98 Å². The molecule has 0 saturated carbocycles. The molecule has 5 heteroatoms. The van der Waals surface area contributed by atoms with Gasteiger partial charge in [0.1, 0.15) is 5.82 Å². The molecule has 0 aliphatic rings. The van der Waals surface area contributed by atoms with E-state index in [1.165, 1.54) is 0 Å². The second-order valence-corrected chi connectivity index (χ2v) is 5.25. The Hall–Kier alpha value is -2.14. The summed E-state index contributed by atoms with van der Waals surface area (Å²) >= 11 is 0. The topological polar surface area (TPSA) is 75.3 Å². The number of aliphatic hydroxyl groups excluding tert-OH is 1. The smallest absolute Gasteiger partial charge is 0.222 e. The molecule has 0 spiro atoms. The van der Waals surface area contributed by atoms with Crippen molar-refractivity contribution in [3.63, 3.8) is 0 Å². The van der Waals surface area contributed by atoms with Crippen LogP contribution in [0.5, 0.6) is 0 Å². The normalized spacial score (nSPS) is 12.2. The van der Waals surface area contributed by atoms with Crippen molar-refractivity contribution < 1.29 is 5.11 Å². The lowest BCUT2D eigenvalue weighted by Gasteiger charge is -2.22. The molecule has 3 N–H and O–H groups in total. The van der Waals surface area contributed by atoms with Crippen molar-refractivity contribution in [2.75, 3.05) is 24.2 Å². The van der Waals surface area contributed by atoms with Crippen LogP contribution < -0.4 is 10.6 Å². The number of rotatable bonds is 5. The van der Waals surface area contributed by atoms with E-state index in [0.29, 0.717) is 13.0 Å². The second-order valence-electron chi connectivity index (χ2n) is 5.25. The van der Waals surface area contributed by atoms with Crippen LogP contribution in [0.15, 0.2) is 30.3 Å². The van der Waals surface area contributed by atoms with Crippen LogP contribution in [-0.2, 0) is 0 Å². The highest BCUT2D eigenvalue weighted by Crippen LogP contribution is 2.22. The summed E-state index contributed by atoms with van der Waals surface area (Å²) < 4.78 is 0. The molecule has 0 saturated heterocycles. The molecule has 0 amide bonds. The summed E-state index contributed by atoms with van der Waals surface area (Å²) in [6.07, 6.45) is 0.150. The Bertz CT molecular complexity index is 601. The van der Waals surface area contributed by atoms with Crippen LogP contribution in [0, 0.1) is 13.8 Å². The van der Waals surface area contributed by atoms with Gasteiger partial charge in [-0.05, 0) is 25.8 Å². The van der Waals surface area contributed by atoms with E-state index in [9.17, 15) is 5.11 Å². The van der Waals surface area contributed by atoms with Crippen molar-refractivity contribution in [2.45, 2.75) is 26.4 Å². The van der Waals surface area contributed by atoms with Crippen molar-refractivity contribution in [1.82, 2.24) is 9.97 Å². The number of hydrogen-bond acceptors (Lipinski definition) is 5. The molecule has 1 aromatic carbocycles. The fraction of sp³-hybridized carbons (Fsp3) is 0.375. The summed E-state index contributed by atoms with van der Waals surface area (Å²) in [6.45, 7) is 4.59. The van der Waals surface area contributed by atoms with E-state index >= 15 is 0 Å². The molecule has 0 aliphatic heterocycles. The number of aromatic nitrogens is 2. The van der Waals surface area contributed by atoms with Gasteiger partial charge in [0.15, 0.2) is 0 Å². The predicted molar refractivity (Wildman–Crippen MR) is 85.2 cm³/mol. The van der Waals surface area contributed by atoms with Gasteiger partial charge in [-0.1, -0.05) is 30.3 Å². The molecule has 0 aliphatic carbocycles. The van der Waals surface area contributed by atoms with Gasteiger partial charge in [0.25, 0.3) is 0 Å². The number of nitrogens with zero attached hydrogens (tertiary/aromatic N) is 3. The van der Waals surface area contributed by atoms with Gasteiger partial charge in [0, 0.05) is 24.8 Å². The number of benzene rings is 1. The number of anilines is 2. The monoisotopic (exact) mass is 286 g/mol. The highest BCUT2D eigenvalue weighted by atomic mass is 16.3. The average molecular weight is 286 g/mol. The Morgan fingerprint density at radius 1 is 1.19 bits per heavy atom. The van der Waals surface area contributed by atoms with Crippen LogP contribution in [0.25, 0.3) is 0 Å². The highest BCUT2D eigenvalue weighted by molar-refractivity contribution is 5.50. The molecular formula is C16H22N4O. The second kappa shape index (κ2) is 6.54. The van der Waals surface area contributed by atoms with Crippen LogP contribution in [0.1, 0.15) is 29.3 Å². The molecule has 5 nitrogen and oxygen atoms in total. The lowest BCUT2D eigenvalue weighted by Crippen LogP contribution is -2.23. The molecule has 0 bridgehead atoms. The SMILES string of the molecule is Cc1nc(N)nc(N(C)CC[C@H](O)c2ccccc2)c1C. The Kier molecular flexibility index (Phi) is 4.75. The van der Waals surface area contributed by atoms with E-state index < -0.39 is 6.10 Å². The van der Waals surface area contributed by atoms with Crippen LogP contribution in [0.3, 0.4) is 0 Å². The van der Waals surface area contributed by atoms with E-state index in [1.807, 2.05) is 56.1 Å². The summed E-state index contributed by atoms with van der Waals surface area (Å²) in [5.74, 6) is 1.10. The van der Waals surface area contributed by atoms with E-state index in [2.05, 4.69) is 9.97 Å². The molecule has 112 valence electrons. The van der Waals surface area contributed by atoms with Gasteiger partial charge in [-0.3, -0.25) is 0 Å². The Morgan fingerprint density at radius 3 is 2.52 bits per heavy atom. The van der Waals surface area contributed by atoms with Gasteiger partial charge < -0.3 is 15.7 Å². The van der Waals surface area contributed by atoms with Crippen LogP contribution >= 0.6 is 0 Å². The summed E-state index contributed by atoms with van der Waals surface area (Å²) in [5, 5.41) is 10.2. The molecule has 2 aromatic rings. The number of aryl methyl sites for hydroxylation is 1. The zero-order chi connectivity index (χ0) is 15.4. The van der Waals surface area contributed by atoms with Gasteiger partial charge in [-0.15, -0.1) is 0 Å². The number of nitrogens with two attached hydrogens (primary N) is 1. The minimum atomic E-state index is -0.478. The first-order valence-electron chi connectivity index (χ1n) is 7.04. The first kappa shape index (κ1) is 15.3. The molecule has 2 rings (SSSR count). The third kappa shape index (κ3) is 3.70. The minimum Gasteiger partial charge on any atom is -0.388 e. The molecule has 0 fully saturated rings. The number of hydrogen-bond donors (Lipinski definition) is 2. The van der Waals surface area contributed by atoms with Crippen molar-refractivity contribution >= 4 is 11.8 Å². The quantitative estimate of drug-likeness (QED) is 0.881. The van der Waals surface area contributed by atoms with Crippen molar-refractivity contribution in [3.8, 4) is 0 Å². The summed E-state index contributed by atoms with van der Waals surface area (Å²) in [4.78, 5) is 10.5. The third-order valence-corrected chi connectivity index (χ3v) is 3.66. The number of aliphatic hydroxyl groups is 1. The lowest BCUT2D eigenvalue weighted by molar-refractivity contribution is 0.170. The van der Waals surface area contributed by atoms with Crippen molar-refractivity contribution in [3.05, 3.63) is 47.2 Å². The maximum atomic E-state index is 10.2. The number of nitrogen functional groups attached to an aromatic ring is 1. The van der Waals surface area contributed by atoms with Gasteiger partial charge in [-0.2, -0.15) is 4.98 Å². The van der Waals surface area contributed by atoms with Crippen LogP contribution in [0.2, 0.25) is 0 Å². The summed E-state index contributed by atoms with van der Waals surface area (Å²) in [7, 11) is 1.95. The Morgan fingerprint density at radius 2 is 1.86 bits per heavy atom. The van der Waals surface area contributed by atoms with E-state index in [-0.39, 0.29) is 5.95 Å². The Labute approximate surface area is 125 Å². The highest BCUT2D eigenvalue weighted by Gasteiger charge is 2.13. The molecule has 0 radical (unpaired) electrons. The van der Waals surface area contributed by atoms with Gasteiger partial charge in [0.05, 0.1) is 6.10 Å². The molecule has 1 aromatic heterocycles. The standard InChI is InChI=1S/C16H22N4O/c1-11-12(2)18-16(17)19-15(11)20(3)10-9-14(21)13-7-5-4-6-8-13/h4-8,14,21H,9-10H2,1-3H3,(H2,17,18,19)/t14-/m0/s1. The fourth-order valence-electron chi connectivity index (χ4n) is 2.27. The van der Waals surface area contributed by atoms with Crippen molar-refractivity contribution in [1.29, 1.82) is 0 Å². The van der Waals surface area contributed by atoms with Gasteiger partial charge >= 0.3 is 0 Å². The van der Waals surface area contributed by atoms with Crippen LogP contribution in [-0.4, -0.2) is 28.7 Å². The molecular weight excluding hydrogens is 264 g/mol. The summed E-state index contributed by atoms with van der Waals surface area (Å²) in [6, 6.07) is 9.67. The zero-order valence-electron chi connectivity index (χ0n) is 12.7. The molecule has 1 atom stereocenters. The minimum absolute atomic E-state index is 0.281. The Balaban J connectivity index is 2.04. The lowest BCUT2D eigenvalue weighted by atomic mass is 10.1. The fourth-order valence-corrected chi connectivity index (χ4v) is 2.27. The van der Waals surface area contributed by atoms with Crippen molar-refractivity contribution in [2.24, 2.45) is 0 Å². The first-order valence-corrected chi connectivity index (χ1v) is 7.04. The average Bonchev–Trinajstić information content (AvgIpc) is 2.49. The maximum absolute atomic E-state index is 10.2. The van der Waals surface area contributed by atoms with Gasteiger partial charge in [0.2, 0.25) is 5.95 Å². The molecule has 21 heavy (non-hydrogen) atoms. The van der Waals surface area contributed by atoms with E-state index in [1.54, 1.807) is 0 Å². The van der Waals surface area contributed by atoms with E-state index in [0.717, 1.165) is 22.6 Å². The van der Waals surface area contributed by atoms with Crippen LogP contribution in [0.4, 0.5) is 11.8 Å². The zero-order valence-corrected chi connectivity index (χ0v) is 12.7. The summed E-state index contributed by atoms with van der Waals surface area (Å²) in [5.41, 5.74) is 8.54. The predicted octanol–water partition coefficient (Wildman–Crippen LogP) is 2.24. The first-order chi connectivity index (χ1) is 9.99. The molecule has 1 heterocycles.